The number of aryl methyl sites for hydroxylation is 1. The molecule has 1 heterocycles. The topological polar surface area (TPSA) is 84.3 Å². The molecule has 0 unspecified atom stereocenters. The molecular weight excluding hydrogens is 318 g/mol. The maximum atomic E-state index is 12.1. The average molecular weight is 341 g/mol. The van der Waals surface area contributed by atoms with Crippen molar-refractivity contribution in [1.29, 1.82) is 0 Å². The minimum atomic E-state index is -0.614. The SMILES string of the molecule is Cc1cccc(O[C@@H]2CCC[C@H](CNC(=O)c3cnccn3)[C@H]2O)c1. The van der Waals surface area contributed by atoms with E-state index in [2.05, 4.69) is 15.3 Å². The molecule has 1 aromatic carbocycles. The molecule has 1 fully saturated rings. The van der Waals surface area contributed by atoms with Crippen LogP contribution in [0, 0.1) is 12.8 Å². The van der Waals surface area contributed by atoms with Crippen molar-refractivity contribution in [3.8, 4) is 5.75 Å². The van der Waals surface area contributed by atoms with Crippen molar-refractivity contribution in [1.82, 2.24) is 15.3 Å². The second-order valence-electron chi connectivity index (χ2n) is 6.46. The van der Waals surface area contributed by atoms with Crippen LogP contribution in [0.1, 0.15) is 35.3 Å². The largest absolute Gasteiger partial charge is 0.488 e. The molecule has 2 N–H and O–H groups in total. The van der Waals surface area contributed by atoms with Gasteiger partial charge in [0.2, 0.25) is 0 Å². The molecule has 6 heteroatoms. The molecule has 1 saturated carbocycles. The van der Waals surface area contributed by atoms with Gasteiger partial charge in [0.05, 0.1) is 12.3 Å². The van der Waals surface area contributed by atoms with Crippen molar-refractivity contribution < 1.29 is 14.6 Å². The van der Waals surface area contributed by atoms with E-state index in [1.807, 2.05) is 31.2 Å². The molecule has 0 aliphatic heterocycles. The van der Waals surface area contributed by atoms with Gasteiger partial charge < -0.3 is 15.2 Å². The molecule has 1 aromatic heterocycles. The van der Waals surface area contributed by atoms with E-state index in [-0.39, 0.29) is 23.6 Å². The Morgan fingerprint density at radius 2 is 2.24 bits per heavy atom. The van der Waals surface area contributed by atoms with Gasteiger partial charge in [-0.1, -0.05) is 12.1 Å². The van der Waals surface area contributed by atoms with Crippen molar-refractivity contribution in [2.75, 3.05) is 6.54 Å². The first-order chi connectivity index (χ1) is 12.1. The number of nitrogens with one attached hydrogen (secondary N) is 1. The lowest BCUT2D eigenvalue weighted by Crippen LogP contribution is -2.45. The Hall–Kier alpha value is -2.47. The number of hydrogen-bond acceptors (Lipinski definition) is 5. The number of aromatic nitrogens is 2. The van der Waals surface area contributed by atoms with E-state index in [0.29, 0.717) is 6.54 Å². The van der Waals surface area contributed by atoms with Gasteiger partial charge in [-0.25, -0.2) is 4.98 Å². The number of aliphatic hydroxyl groups excluding tert-OH is 1. The van der Waals surface area contributed by atoms with Gasteiger partial charge in [0.25, 0.3) is 5.91 Å². The fourth-order valence-electron chi connectivity index (χ4n) is 3.17. The standard InChI is InChI=1S/C19H23N3O3/c1-13-4-2-6-15(10-13)25-17-7-3-5-14(18(17)23)11-22-19(24)16-12-20-8-9-21-16/h2,4,6,8-10,12,14,17-18,23H,3,5,7,11H2,1H3,(H,22,24)/t14-,17-,18-/m1/s1. The smallest absolute Gasteiger partial charge is 0.271 e. The van der Waals surface area contributed by atoms with Crippen molar-refractivity contribution in [3.63, 3.8) is 0 Å². The molecule has 25 heavy (non-hydrogen) atoms. The molecule has 1 aliphatic carbocycles. The lowest BCUT2D eigenvalue weighted by molar-refractivity contribution is -0.0301. The number of rotatable bonds is 5. The lowest BCUT2D eigenvalue weighted by atomic mass is 9.84. The monoisotopic (exact) mass is 341 g/mol. The van der Waals surface area contributed by atoms with Crippen LogP contribution < -0.4 is 10.1 Å². The summed E-state index contributed by atoms with van der Waals surface area (Å²) in [6.07, 6.45) is 6.19. The molecule has 0 radical (unpaired) electrons. The van der Waals surface area contributed by atoms with E-state index in [4.69, 9.17) is 4.74 Å². The summed E-state index contributed by atoms with van der Waals surface area (Å²) < 4.78 is 5.99. The predicted molar refractivity (Wildman–Crippen MR) is 93.3 cm³/mol. The Morgan fingerprint density at radius 3 is 3.00 bits per heavy atom. The van der Waals surface area contributed by atoms with E-state index in [1.165, 1.54) is 18.6 Å². The highest BCUT2D eigenvalue weighted by atomic mass is 16.5. The Balaban J connectivity index is 1.56. The first-order valence-electron chi connectivity index (χ1n) is 8.59. The minimum absolute atomic E-state index is 0.0378. The highest BCUT2D eigenvalue weighted by molar-refractivity contribution is 5.91. The fourth-order valence-corrected chi connectivity index (χ4v) is 3.17. The molecule has 0 bridgehead atoms. The second kappa shape index (κ2) is 8.07. The number of benzene rings is 1. The molecule has 3 atom stereocenters. The van der Waals surface area contributed by atoms with Crippen LogP contribution >= 0.6 is 0 Å². The number of carbonyl (C=O) groups is 1. The average Bonchev–Trinajstić information content (AvgIpc) is 2.63. The summed E-state index contributed by atoms with van der Waals surface area (Å²) >= 11 is 0. The molecule has 1 amide bonds. The van der Waals surface area contributed by atoms with Crippen LogP contribution in [-0.2, 0) is 0 Å². The van der Waals surface area contributed by atoms with E-state index in [9.17, 15) is 9.90 Å². The van der Waals surface area contributed by atoms with Crippen LogP contribution in [0.4, 0.5) is 0 Å². The fraction of sp³-hybridized carbons (Fsp3) is 0.421. The van der Waals surface area contributed by atoms with Crippen molar-refractivity contribution in [3.05, 3.63) is 54.1 Å². The molecular formula is C19H23N3O3. The number of amides is 1. The quantitative estimate of drug-likeness (QED) is 0.870. The number of carbonyl (C=O) groups excluding carboxylic acids is 1. The first kappa shape index (κ1) is 17.4. The molecule has 132 valence electrons. The van der Waals surface area contributed by atoms with Crippen molar-refractivity contribution in [2.24, 2.45) is 5.92 Å². The van der Waals surface area contributed by atoms with E-state index >= 15 is 0 Å². The van der Waals surface area contributed by atoms with Gasteiger partial charge in [-0.3, -0.25) is 9.78 Å². The third-order valence-corrected chi connectivity index (χ3v) is 4.53. The van der Waals surface area contributed by atoms with Gasteiger partial charge in [0, 0.05) is 24.9 Å². The van der Waals surface area contributed by atoms with Crippen LogP contribution in [0.5, 0.6) is 5.75 Å². The molecule has 1 aliphatic rings. The highest BCUT2D eigenvalue weighted by Crippen LogP contribution is 2.28. The van der Waals surface area contributed by atoms with Crippen LogP contribution in [0.15, 0.2) is 42.9 Å². The normalized spacial score (nSPS) is 23.0. The molecule has 6 nitrogen and oxygen atoms in total. The third-order valence-electron chi connectivity index (χ3n) is 4.53. The number of ether oxygens (including phenoxy) is 1. The second-order valence-corrected chi connectivity index (χ2v) is 6.46. The van der Waals surface area contributed by atoms with Crippen LogP contribution in [0.2, 0.25) is 0 Å². The summed E-state index contributed by atoms with van der Waals surface area (Å²) in [6.45, 7) is 2.40. The number of hydrogen-bond donors (Lipinski definition) is 2. The van der Waals surface area contributed by atoms with Crippen LogP contribution in [-0.4, -0.2) is 39.7 Å². The third kappa shape index (κ3) is 4.54. The summed E-state index contributed by atoms with van der Waals surface area (Å²) in [7, 11) is 0. The maximum absolute atomic E-state index is 12.1. The summed E-state index contributed by atoms with van der Waals surface area (Å²) in [5, 5.41) is 13.5. The zero-order valence-electron chi connectivity index (χ0n) is 14.3. The van der Waals surface area contributed by atoms with E-state index < -0.39 is 6.10 Å². The Kier molecular flexibility index (Phi) is 5.60. The maximum Gasteiger partial charge on any atom is 0.271 e. The van der Waals surface area contributed by atoms with Crippen LogP contribution in [0.3, 0.4) is 0 Å². The number of aliphatic hydroxyl groups is 1. The molecule has 2 aromatic rings. The van der Waals surface area contributed by atoms with Gasteiger partial charge in [0.15, 0.2) is 0 Å². The molecule has 0 saturated heterocycles. The number of nitrogens with zero attached hydrogens (tertiary/aromatic N) is 2. The summed E-state index contributed by atoms with van der Waals surface area (Å²) in [6, 6.07) is 7.82. The first-order valence-corrected chi connectivity index (χ1v) is 8.59. The zero-order valence-corrected chi connectivity index (χ0v) is 14.3. The zero-order chi connectivity index (χ0) is 17.6. The van der Waals surface area contributed by atoms with Gasteiger partial charge in [-0.2, -0.15) is 0 Å². The van der Waals surface area contributed by atoms with Gasteiger partial charge in [-0.15, -0.1) is 0 Å². The van der Waals surface area contributed by atoms with E-state index in [0.717, 1.165) is 30.6 Å². The predicted octanol–water partition coefficient (Wildman–Crippen LogP) is 2.12. The van der Waals surface area contributed by atoms with Gasteiger partial charge in [0.1, 0.15) is 17.5 Å². The molecule has 0 spiro atoms. The summed E-state index contributed by atoms with van der Waals surface area (Å²) in [5.41, 5.74) is 1.40. The Bertz CT molecular complexity index is 708. The van der Waals surface area contributed by atoms with E-state index in [1.54, 1.807) is 0 Å². The summed E-state index contributed by atoms with van der Waals surface area (Å²) in [5.74, 6) is 0.458. The molecule has 3 rings (SSSR count). The van der Waals surface area contributed by atoms with Crippen molar-refractivity contribution in [2.45, 2.75) is 38.4 Å². The van der Waals surface area contributed by atoms with Crippen LogP contribution in [0.25, 0.3) is 0 Å². The summed E-state index contributed by atoms with van der Waals surface area (Å²) in [4.78, 5) is 19.9. The Morgan fingerprint density at radius 1 is 1.36 bits per heavy atom. The Labute approximate surface area is 147 Å². The van der Waals surface area contributed by atoms with Gasteiger partial charge in [-0.05, 0) is 43.9 Å². The highest BCUT2D eigenvalue weighted by Gasteiger charge is 2.33. The van der Waals surface area contributed by atoms with Crippen molar-refractivity contribution >= 4 is 5.91 Å². The minimum Gasteiger partial charge on any atom is -0.488 e. The van der Waals surface area contributed by atoms with Gasteiger partial charge >= 0.3 is 0 Å². The lowest BCUT2D eigenvalue weighted by Gasteiger charge is -2.35.